The molecular weight excluding hydrogens is 465 g/mol. The van der Waals surface area contributed by atoms with Crippen LogP contribution in [0.15, 0.2) is 35.3 Å². The summed E-state index contributed by atoms with van der Waals surface area (Å²) < 4.78 is 7.17. The first-order valence-corrected chi connectivity index (χ1v) is 9.58. The molecule has 0 spiro atoms. The molecule has 0 amide bonds. The van der Waals surface area contributed by atoms with Gasteiger partial charge < -0.3 is 15.4 Å². The van der Waals surface area contributed by atoms with Crippen LogP contribution in [0.2, 0.25) is 0 Å². The first-order chi connectivity index (χ1) is 13.0. The van der Waals surface area contributed by atoms with Crippen molar-refractivity contribution in [1.29, 1.82) is 0 Å². The minimum absolute atomic E-state index is 0. The lowest BCUT2D eigenvalue weighted by atomic mass is 10.1. The van der Waals surface area contributed by atoms with Gasteiger partial charge in [0.15, 0.2) is 5.96 Å². The molecule has 0 fully saturated rings. The zero-order valence-corrected chi connectivity index (χ0v) is 20.0. The van der Waals surface area contributed by atoms with E-state index in [-0.39, 0.29) is 24.0 Å². The Morgan fingerprint density at radius 2 is 1.96 bits per heavy atom. The number of ether oxygens (including phenoxy) is 1. The van der Waals surface area contributed by atoms with Gasteiger partial charge in [-0.25, -0.2) is 0 Å². The Morgan fingerprint density at radius 3 is 2.61 bits per heavy atom. The molecule has 1 heterocycles. The summed E-state index contributed by atoms with van der Waals surface area (Å²) in [6.07, 6.45) is 2.11. The highest BCUT2D eigenvalue weighted by molar-refractivity contribution is 14.0. The lowest BCUT2D eigenvalue weighted by Gasteiger charge is -2.18. The third-order valence-corrected chi connectivity index (χ3v) is 4.79. The number of hydrogen-bond acceptors (Lipinski definition) is 3. The van der Waals surface area contributed by atoms with E-state index < -0.39 is 0 Å². The number of hydrogen-bond donors (Lipinski definition) is 2. The van der Waals surface area contributed by atoms with Gasteiger partial charge in [-0.2, -0.15) is 5.10 Å². The topological polar surface area (TPSA) is 63.5 Å². The standard InChI is InChI=1S/C21H33N5O.HI/c1-16(11-12-19-9-7-6-8-10-19)24-21(22-4)23-15-20-17(2)25-26(18(20)3)13-14-27-5;/h6-10,16H,11-15H2,1-5H3,(H2,22,23,24);1H. The van der Waals surface area contributed by atoms with Gasteiger partial charge in [0.25, 0.3) is 0 Å². The highest BCUT2D eigenvalue weighted by Gasteiger charge is 2.12. The molecule has 2 aromatic rings. The monoisotopic (exact) mass is 499 g/mol. The summed E-state index contributed by atoms with van der Waals surface area (Å²) in [6, 6.07) is 10.9. The van der Waals surface area contributed by atoms with E-state index in [1.54, 1.807) is 14.2 Å². The second-order valence-electron chi connectivity index (χ2n) is 6.86. The van der Waals surface area contributed by atoms with Crippen LogP contribution in [0.25, 0.3) is 0 Å². The second kappa shape index (κ2) is 12.8. The van der Waals surface area contributed by atoms with Gasteiger partial charge >= 0.3 is 0 Å². The number of guanidine groups is 1. The van der Waals surface area contributed by atoms with Crippen LogP contribution in [0.1, 0.15) is 35.9 Å². The SMILES string of the molecule is CN=C(NCc1c(C)nn(CCOC)c1C)NC(C)CCc1ccccc1.I. The van der Waals surface area contributed by atoms with Crippen LogP contribution in [-0.4, -0.2) is 42.5 Å². The van der Waals surface area contributed by atoms with Crippen LogP contribution in [0.3, 0.4) is 0 Å². The van der Waals surface area contributed by atoms with Crippen LogP contribution in [0, 0.1) is 13.8 Å². The third-order valence-electron chi connectivity index (χ3n) is 4.79. The molecular formula is C21H34IN5O. The number of nitrogens with zero attached hydrogens (tertiary/aromatic N) is 3. The van der Waals surface area contributed by atoms with Crippen LogP contribution in [0.4, 0.5) is 0 Å². The highest BCUT2D eigenvalue weighted by Crippen LogP contribution is 2.12. The van der Waals surface area contributed by atoms with E-state index in [0.29, 0.717) is 19.2 Å². The van der Waals surface area contributed by atoms with Gasteiger partial charge in [0.2, 0.25) is 0 Å². The lowest BCUT2D eigenvalue weighted by Crippen LogP contribution is -2.42. The average molecular weight is 499 g/mol. The molecule has 0 saturated heterocycles. The summed E-state index contributed by atoms with van der Waals surface area (Å²) in [5, 5.41) is 11.5. The smallest absolute Gasteiger partial charge is 0.191 e. The van der Waals surface area contributed by atoms with E-state index in [1.165, 1.54) is 16.8 Å². The van der Waals surface area contributed by atoms with Crippen molar-refractivity contribution < 1.29 is 4.74 Å². The van der Waals surface area contributed by atoms with E-state index in [0.717, 1.165) is 31.0 Å². The summed E-state index contributed by atoms with van der Waals surface area (Å²) in [7, 11) is 3.52. The van der Waals surface area contributed by atoms with Gasteiger partial charge in [-0.15, -0.1) is 24.0 Å². The first kappa shape index (κ1) is 24.4. The molecule has 1 atom stereocenters. The van der Waals surface area contributed by atoms with E-state index in [1.807, 2.05) is 11.6 Å². The van der Waals surface area contributed by atoms with Crippen molar-refractivity contribution in [2.45, 2.75) is 52.7 Å². The summed E-state index contributed by atoms with van der Waals surface area (Å²) in [5.74, 6) is 0.819. The number of rotatable bonds is 9. The van der Waals surface area contributed by atoms with Crippen LogP contribution in [-0.2, 0) is 24.2 Å². The predicted octanol–water partition coefficient (Wildman–Crippen LogP) is 3.45. The van der Waals surface area contributed by atoms with Crippen molar-refractivity contribution in [2.24, 2.45) is 4.99 Å². The van der Waals surface area contributed by atoms with Crippen molar-refractivity contribution in [3.05, 3.63) is 52.8 Å². The van der Waals surface area contributed by atoms with E-state index in [2.05, 4.69) is 64.9 Å². The summed E-state index contributed by atoms with van der Waals surface area (Å²) in [5.41, 5.74) is 4.79. The number of benzene rings is 1. The summed E-state index contributed by atoms with van der Waals surface area (Å²) in [4.78, 5) is 4.36. The third kappa shape index (κ3) is 7.43. The Balaban J connectivity index is 0.00000392. The zero-order chi connectivity index (χ0) is 19.6. The average Bonchev–Trinajstić information content (AvgIpc) is 2.95. The van der Waals surface area contributed by atoms with E-state index in [9.17, 15) is 0 Å². The lowest BCUT2D eigenvalue weighted by molar-refractivity contribution is 0.182. The molecule has 1 aromatic carbocycles. The van der Waals surface area contributed by atoms with Crippen molar-refractivity contribution in [1.82, 2.24) is 20.4 Å². The Hall–Kier alpha value is -1.61. The molecule has 0 aliphatic heterocycles. The quantitative estimate of drug-likeness (QED) is 0.315. The molecule has 6 nitrogen and oxygen atoms in total. The van der Waals surface area contributed by atoms with Crippen molar-refractivity contribution in [3.8, 4) is 0 Å². The minimum atomic E-state index is 0. The van der Waals surface area contributed by atoms with Crippen molar-refractivity contribution in [3.63, 3.8) is 0 Å². The van der Waals surface area contributed by atoms with Gasteiger partial charge in [0.1, 0.15) is 0 Å². The Morgan fingerprint density at radius 1 is 1.25 bits per heavy atom. The maximum absolute atomic E-state index is 5.16. The molecule has 0 saturated carbocycles. The number of halogens is 1. The molecule has 0 radical (unpaired) electrons. The van der Waals surface area contributed by atoms with Crippen LogP contribution >= 0.6 is 24.0 Å². The first-order valence-electron chi connectivity index (χ1n) is 9.58. The van der Waals surface area contributed by atoms with Crippen LogP contribution in [0.5, 0.6) is 0 Å². The summed E-state index contributed by atoms with van der Waals surface area (Å²) >= 11 is 0. The van der Waals surface area contributed by atoms with E-state index in [4.69, 9.17) is 4.74 Å². The predicted molar refractivity (Wildman–Crippen MR) is 127 cm³/mol. The van der Waals surface area contributed by atoms with Crippen molar-refractivity contribution in [2.75, 3.05) is 20.8 Å². The molecule has 2 N–H and O–H groups in total. The molecule has 0 aliphatic carbocycles. The molecule has 7 heteroatoms. The van der Waals surface area contributed by atoms with Gasteiger partial charge in [-0.3, -0.25) is 9.67 Å². The largest absolute Gasteiger partial charge is 0.383 e. The molecule has 0 bridgehead atoms. The van der Waals surface area contributed by atoms with Gasteiger partial charge in [-0.05, 0) is 39.2 Å². The Labute approximate surface area is 186 Å². The van der Waals surface area contributed by atoms with E-state index >= 15 is 0 Å². The molecule has 28 heavy (non-hydrogen) atoms. The Bertz CT molecular complexity index is 730. The molecule has 1 unspecified atom stereocenters. The number of aryl methyl sites for hydroxylation is 2. The molecule has 2 rings (SSSR count). The second-order valence-corrected chi connectivity index (χ2v) is 6.86. The van der Waals surface area contributed by atoms with Gasteiger partial charge in [-0.1, -0.05) is 30.3 Å². The summed E-state index contributed by atoms with van der Waals surface area (Å²) in [6.45, 7) is 8.48. The highest BCUT2D eigenvalue weighted by atomic mass is 127. The normalized spacial score (nSPS) is 12.4. The number of nitrogens with one attached hydrogen (secondary N) is 2. The maximum atomic E-state index is 5.16. The molecule has 0 aliphatic rings. The minimum Gasteiger partial charge on any atom is -0.383 e. The molecule has 1 aromatic heterocycles. The van der Waals surface area contributed by atoms with Gasteiger partial charge in [0.05, 0.1) is 18.8 Å². The fraction of sp³-hybridized carbons (Fsp3) is 0.524. The van der Waals surface area contributed by atoms with Gasteiger partial charge in [0, 0.05) is 38.0 Å². The molecule has 156 valence electrons. The number of aromatic nitrogens is 2. The zero-order valence-electron chi connectivity index (χ0n) is 17.7. The Kier molecular flexibility index (Phi) is 11.1. The maximum Gasteiger partial charge on any atom is 0.191 e. The fourth-order valence-corrected chi connectivity index (χ4v) is 3.09. The van der Waals surface area contributed by atoms with Crippen LogP contribution < -0.4 is 10.6 Å². The fourth-order valence-electron chi connectivity index (χ4n) is 3.09. The number of methoxy groups -OCH3 is 1. The van der Waals surface area contributed by atoms with Crippen molar-refractivity contribution >= 4 is 29.9 Å². The number of aliphatic imine (C=N–C) groups is 1.